The molecule has 2 aromatic carbocycles. The van der Waals surface area contributed by atoms with E-state index in [1.807, 2.05) is 6.07 Å². The minimum absolute atomic E-state index is 0.233. The number of hydrogen-bond donors (Lipinski definition) is 1. The zero-order valence-corrected chi connectivity index (χ0v) is 12.0. The van der Waals surface area contributed by atoms with Crippen molar-refractivity contribution < 1.29 is 9.53 Å². The van der Waals surface area contributed by atoms with Crippen LogP contribution in [-0.2, 0) is 6.42 Å². The number of ketones is 1. The summed E-state index contributed by atoms with van der Waals surface area (Å²) >= 11 is 12.1. The third-order valence-electron chi connectivity index (χ3n) is 3.23. The predicted octanol–water partition coefficient (Wildman–Crippen LogP) is 3.74. The average Bonchev–Trinajstić information content (AvgIpc) is 2.87. The molecule has 1 heterocycles. The number of nitrogens with two attached hydrogens (primary N) is 1. The Morgan fingerprint density at radius 2 is 1.95 bits per heavy atom. The molecular weight excluding hydrogens is 297 g/mol. The van der Waals surface area contributed by atoms with Crippen molar-refractivity contribution in [1.82, 2.24) is 0 Å². The van der Waals surface area contributed by atoms with Gasteiger partial charge in [0.2, 0.25) is 0 Å². The van der Waals surface area contributed by atoms with Crippen molar-refractivity contribution in [3.05, 3.63) is 57.1 Å². The van der Waals surface area contributed by atoms with Crippen LogP contribution in [0, 0.1) is 0 Å². The second-order valence-corrected chi connectivity index (χ2v) is 5.45. The molecule has 2 aromatic rings. The van der Waals surface area contributed by atoms with E-state index < -0.39 is 0 Å². The number of nitrogen functional groups attached to an aromatic ring is 1. The summed E-state index contributed by atoms with van der Waals surface area (Å²) in [6, 6.07) is 8.25. The minimum atomic E-state index is -0.233. The zero-order chi connectivity index (χ0) is 14.3. The first kappa shape index (κ1) is 13.3. The summed E-state index contributed by atoms with van der Waals surface area (Å²) < 4.78 is 5.54. The maximum atomic E-state index is 12.7. The molecule has 0 saturated heterocycles. The van der Waals surface area contributed by atoms with Crippen LogP contribution in [0.15, 0.2) is 30.3 Å². The minimum Gasteiger partial charge on any atom is -0.492 e. The Morgan fingerprint density at radius 1 is 1.15 bits per heavy atom. The summed E-state index contributed by atoms with van der Waals surface area (Å²) in [7, 11) is 0. The average molecular weight is 308 g/mol. The van der Waals surface area contributed by atoms with E-state index in [9.17, 15) is 4.79 Å². The van der Waals surface area contributed by atoms with Crippen molar-refractivity contribution in [3.63, 3.8) is 0 Å². The van der Waals surface area contributed by atoms with Crippen LogP contribution in [-0.4, -0.2) is 12.4 Å². The Labute approximate surface area is 126 Å². The van der Waals surface area contributed by atoms with Gasteiger partial charge in [-0.1, -0.05) is 23.2 Å². The molecule has 0 aromatic heterocycles. The van der Waals surface area contributed by atoms with Crippen molar-refractivity contribution in [2.75, 3.05) is 12.3 Å². The molecule has 0 unspecified atom stereocenters. The number of benzene rings is 2. The molecule has 102 valence electrons. The summed E-state index contributed by atoms with van der Waals surface area (Å²) in [5.41, 5.74) is 7.93. The first-order valence-corrected chi connectivity index (χ1v) is 6.87. The lowest BCUT2D eigenvalue weighted by Crippen LogP contribution is -2.05. The fraction of sp³-hybridized carbons (Fsp3) is 0.133. The highest BCUT2D eigenvalue weighted by atomic mass is 35.5. The van der Waals surface area contributed by atoms with E-state index in [2.05, 4.69) is 0 Å². The van der Waals surface area contributed by atoms with Gasteiger partial charge in [-0.15, -0.1) is 0 Å². The lowest BCUT2D eigenvalue weighted by Gasteiger charge is -2.10. The topological polar surface area (TPSA) is 52.3 Å². The molecule has 3 rings (SSSR count). The van der Waals surface area contributed by atoms with Gasteiger partial charge in [0.15, 0.2) is 5.78 Å². The van der Waals surface area contributed by atoms with Gasteiger partial charge in [-0.05, 0) is 35.9 Å². The SMILES string of the molecule is Nc1ccc(Cl)c(C(=O)c2cc(Cl)cc3c2OCC3)c1. The number of anilines is 1. The van der Waals surface area contributed by atoms with Gasteiger partial charge in [0.05, 0.1) is 17.2 Å². The number of halogens is 2. The molecule has 20 heavy (non-hydrogen) atoms. The Bertz CT molecular complexity index is 713. The standard InChI is InChI=1S/C15H11Cl2NO2/c16-9-5-8-3-4-20-15(8)12(6-9)14(19)11-7-10(18)1-2-13(11)17/h1-2,5-7H,3-4,18H2. The van der Waals surface area contributed by atoms with Gasteiger partial charge < -0.3 is 10.5 Å². The van der Waals surface area contributed by atoms with Crippen LogP contribution in [0.1, 0.15) is 21.5 Å². The number of fused-ring (bicyclic) bond motifs is 1. The fourth-order valence-corrected chi connectivity index (χ4v) is 2.74. The second-order valence-electron chi connectivity index (χ2n) is 4.61. The van der Waals surface area contributed by atoms with Crippen LogP contribution >= 0.6 is 23.2 Å². The van der Waals surface area contributed by atoms with E-state index >= 15 is 0 Å². The van der Waals surface area contributed by atoms with Crippen LogP contribution < -0.4 is 10.5 Å². The third-order valence-corrected chi connectivity index (χ3v) is 3.78. The molecule has 5 heteroatoms. The second kappa shape index (κ2) is 5.00. The normalized spacial score (nSPS) is 12.9. The van der Waals surface area contributed by atoms with Crippen molar-refractivity contribution in [2.45, 2.75) is 6.42 Å². The fourth-order valence-electron chi connectivity index (χ4n) is 2.30. The molecular formula is C15H11Cl2NO2. The van der Waals surface area contributed by atoms with Crippen molar-refractivity contribution in [1.29, 1.82) is 0 Å². The summed E-state index contributed by atoms with van der Waals surface area (Å²) in [5.74, 6) is 0.362. The van der Waals surface area contributed by atoms with Gasteiger partial charge in [0.25, 0.3) is 0 Å². The largest absolute Gasteiger partial charge is 0.492 e. The smallest absolute Gasteiger partial charge is 0.198 e. The number of carbonyl (C=O) groups is 1. The molecule has 1 aliphatic heterocycles. The number of carbonyl (C=O) groups excluding carboxylic acids is 1. The summed E-state index contributed by atoms with van der Waals surface area (Å²) in [6.07, 6.45) is 0.751. The number of ether oxygens (including phenoxy) is 1. The van der Waals surface area contributed by atoms with Crippen LogP contribution in [0.3, 0.4) is 0 Å². The highest BCUT2D eigenvalue weighted by Crippen LogP contribution is 2.35. The quantitative estimate of drug-likeness (QED) is 0.679. The molecule has 1 aliphatic rings. The van der Waals surface area contributed by atoms with Crippen LogP contribution in [0.25, 0.3) is 0 Å². The highest BCUT2D eigenvalue weighted by molar-refractivity contribution is 6.35. The van der Waals surface area contributed by atoms with Crippen molar-refractivity contribution in [3.8, 4) is 5.75 Å². The van der Waals surface area contributed by atoms with E-state index in [1.54, 1.807) is 24.3 Å². The lowest BCUT2D eigenvalue weighted by molar-refractivity contribution is 0.103. The first-order valence-electron chi connectivity index (χ1n) is 6.11. The van der Waals surface area contributed by atoms with Crippen LogP contribution in [0.5, 0.6) is 5.75 Å². The predicted molar refractivity (Wildman–Crippen MR) is 79.9 cm³/mol. The molecule has 0 saturated carbocycles. The van der Waals surface area contributed by atoms with Crippen LogP contribution in [0.2, 0.25) is 10.0 Å². The summed E-state index contributed by atoms with van der Waals surface area (Å²) in [5, 5.41) is 0.869. The first-order chi connectivity index (χ1) is 9.56. The molecule has 0 fully saturated rings. The zero-order valence-electron chi connectivity index (χ0n) is 10.5. The van der Waals surface area contributed by atoms with Gasteiger partial charge in [0.1, 0.15) is 5.75 Å². The summed E-state index contributed by atoms with van der Waals surface area (Å²) in [6.45, 7) is 0.556. The van der Waals surface area contributed by atoms with E-state index in [1.165, 1.54) is 0 Å². The third kappa shape index (κ3) is 2.23. The molecule has 2 N–H and O–H groups in total. The van der Waals surface area contributed by atoms with E-state index in [0.29, 0.717) is 39.2 Å². The molecule has 0 atom stereocenters. The van der Waals surface area contributed by atoms with Crippen molar-refractivity contribution >= 4 is 34.7 Å². The van der Waals surface area contributed by atoms with Gasteiger partial charge in [-0.3, -0.25) is 4.79 Å². The maximum Gasteiger partial charge on any atom is 0.198 e. The van der Waals surface area contributed by atoms with Crippen LogP contribution in [0.4, 0.5) is 5.69 Å². The van der Waals surface area contributed by atoms with Gasteiger partial charge >= 0.3 is 0 Å². The lowest BCUT2D eigenvalue weighted by atomic mass is 9.99. The Kier molecular flexibility index (Phi) is 3.32. The number of hydrogen-bond acceptors (Lipinski definition) is 3. The highest BCUT2D eigenvalue weighted by Gasteiger charge is 2.24. The molecule has 0 aliphatic carbocycles. The molecule has 0 bridgehead atoms. The van der Waals surface area contributed by atoms with Gasteiger partial charge in [0, 0.05) is 22.7 Å². The van der Waals surface area contributed by atoms with E-state index in [4.69, 9.17) is 33.7 Å². The molecule has 3 nitrogen and oxygen atoms in total. The molecule has 0 radical (unpaired) electrons. The van der Waals surface area contributed by atoms with E-state index in [0.717, 1.165) is 12.0 Å². The Morgan fingerprint density at radius 3 is 2.75 bits per heavy atom. The number of rotatable bonds is 2. The molecule has 0 spiro atoms. The van der Waals surface area contributed by atoms with Gasteiger partial charge in [-0.25, -0.2) is 0 Å². The Hall–Kier alpha value is -1.71. The van der Waals surface area contributed by atoms with E-state index in [-0.39, 0.29) is 5.78 Å². The molecule has 0 amide bonds. The van der Waals surface area contributed by atoms with Crippen molar-refractivity contribution in [2.24, 2.45) is 0 Å². The monoisotopic (exact) mass is 307 g/mol. The Balaban J connectivity index is 2.14. The maximum absolute atomic E-state index is 12.7. The van der Waals surface area contributed by atoms with Gasteiger partial charge in [-0.2, -0.15) is 0 Å². The summed E-state index contributed by atoms with van der Waals surface area (Å²) in [4.78, 5) is 12.7.